The van der Waals surface area contributed by atoms with Crippen LogP contribution < -0.4 is 10.6 Å². The van der Waals surface area contributed by atoms with Crippen molar-refractivity contribution in [3.05, 3.63) is 21.0 Å². The Kier molecular flexibility index (Phi) is 7.41. The van der Waals surface area contributed by atoms with Crippen molar-refractivity contribution in [2.24, 2.45) is 5.92 Å². The Morgan fingerprint density at radius 1 is 1.36 bits per heavy atom. The molecular weight excluding hydrogens is 416 g/mol. The highest BCUT2D eigenvalue weighted by atomic mass is 79.9. The Morgan fingerprint density at radius 3 is 2.45 bits per heavy atom. The number of nitrogens with one attached hydrogen (secondary N) is 2. The predicted molar refractivity (Wildman–Crippen MR) is 93.8 cm³/mol. The topological polar surface area (TPSA) is 63.5 Å². The Hall–Kier alpha value is -0.530. The highest BCUT2D eigenvalue weighted by Gasteiger charge is 2.19. The van der Waals surface area contributed by atoms with Crippen LogP contribution in [0.2, 0.25) is 0 Å². The van der Waals surface area contributed by atoms with Crippen LogP contribution in [0.3, 0.4) is 0 Å². The molecule has 126 valence electrons. The van der Waals surface area contributed by atoms with Crippen molar-refractivity contribution in [3.8, 4) is 0 Å². The van der Waals surface area contributed by atoms with Crippen molar-refractivity contribution in [1.82, 2.24) is 10.6 Å². The van der Waals surface area contributed by atoms with Gasteiger partial charge in [-0.05, 0) is 64.6 Å². The van der Waals surface area contributed by atoms with Gasteiger partial charge in [-0.2, -0.15) is 0 Å². The van der Waals surface area contributed by atoms with Crippen LogP contribution >= 0.6 is 31.9 Å². The van der Waals surface area contributed by atoms with Gasteiger partial charge >= 0.3 is 6.09 Å². The van der Waals surface area contributed by atoms with E-state index in [1.165, 1.54) is 0 Å². The van der Waals surface area contributed by atoms with E-state index in [1.807, 2.05) is 26.8 Å². The molecule has 0 saturated heterocycles. The number of amides is 1. The molecule has 2 N–H and O–H groups in total. The highest BCUT2D eigenvalue weighted by molar-refractivity contribution is 9.13. The molecular formula is C15H24Br2N2O3. The number of halogens is 2. The molecule has 0 aliphatic rings. The smallest absolute Gasteiger partial charge is 0.407 e. The first-order valence-electron chi connectivity index (χ1n) is 7.22. The molecule has 0 aliphatic carbocycles. The Bertz CT molecular complexity index is 476. The fourth-order valence-corrected chi connectivity index (χ4v) is 2.42. The van der Waals surface area contributed by atoms with E-state index in [0.717, 1.165) is 10.2 Å². The summed E-state index contributed by atoms with van der Waals surface area (Å²) in [5.41, 5.74) is -0.489. The average molecular weight is 440 g/mol. The van der Waals surface area contributed by atoms with Crippen LogP contribution in [0.1, 0.15) is 40.4 Å². The lowest BCUT2D eigenvalue weighted by atomic mass is 10.0. The van der Waals surface area contributed by atoms with Gasteiger partial charge in [0.1, 0.15) is 11.4 Å². The lowest BCUT2D eigenvalue weighted by Gasteiger charge is -2.24. The molecule has 1 aromatic rings. The van der Waals surface area contributed by atoms with Gasteiger partial charge in [0.05, 0.1) is 11.0 Å². The maximum absolute atomic E-state index is 11.7. The third kappa shape index (κ3) is 7.15. The van der Waals surface area contributed by atoms with Gasteiger partial charge in [0, 0.05) is 12.6 Å². The molecule has 0 saturated carbocycles. The number of alkyl carbamates (subject to hydrolysis) is 1. The maximum atomic E-state index is 11.7. The summed E-state index contributed by atoms with van der Waals surface area (Å²) in [6.45, 7) is 10.8. The molecule has 22 heavy (non-hydrogen) atoms. The monoisotopic (exact) mass is 438 g/mol. The molecule has 1 rings (SSSR count). The van der Waals surface area contributed by atoms with E-state index >= 15 is 0 Å². The number of rotatable bonds is 6. The largest absolute Gasteiger partial charge is 0.452 e. The molecule has 0 bridgehead atoms. The highest BCUT2D eigenvalue weighted by Crippen LogP contribution is 2.26. The Labute approximate surface area is 148 Å². The summed E-state index contributed by atoms with van der Waals surface area (Å²) in [6.07, 6.45) is -0.400. The third-order valence-corrected chi connectivity index (χ3v) is 4.61. The number of hydrogen-bond acceptors (Lipinski definition) is 4. The molecule has 1 amide bonds. The SMILES string of the molecule is CC(C)C(CNC(=O)OC(C)(C)C)NCc1cc(Br)c(Br)o1. The predicted octanol–water partition coefficient (Wildman–Crippen LogP) is 4.44. The molecule has 7 heteroatoms. The van der Waals surface area contributed by atoms with E-state index in [1.54, 1.807) is 0 Å². The second-order valence-corrected chi connectivity index (χ2v) is 8.02. The average Bonchev–Trinajstić information content (AvgIpc) is 2.66. The van der Waals surface area contributed by atoms with Crippen LogP contribution in [0.15, 0.2) is 19.6 Å². The number of hydrogen-bond donors (Lipinski definition) is 2. The quantitative estimate of drug-likeness (QED) is 0.687. The summed E-state index contributed by atoms with van der Waals surface area (Å²) < 4.78 is 12.3. The zero-order valence-corrected chi connectivity index (χ0v) is 16.8. The Morgan fingerprint density at radius 2 is 2.00 bits per heavy atom. The number of ether oxygens (including phenoxy) is 1. The molecule has 0 aromatic carbocycles. The van der Waals surface area contributed by atoms with Gasteiger partial charge < -0.3 is 19.8 Å². The molecule has 1 unspecified atom stereocenters. The second-order valence-electron chi connectivity index (χ2n) is 6.45. The fraction of sp³-hybridized carbons (Fsp3) is 0.667. The normalized spacial score (nSPS) is 13.3. The summed E-state index contributed by atoms with van der Waals surface area (Å²) in [7, 11) is 0. The van der Waals surface area contributed by atoms with Crippen molar-refractivity contribution in [1.29, 1.82) is 0 Å². The summed E-state index contributed by atoms with van der Waals surface area (Å²) in [5, 5.41) is 6.19. The minimum absolute atomic E-state index is 0.121. The first-order valence-corrected chi connectivity index (χ1v) is 8.81. The lowest BCUT2D eigenvalue weighted by molar-refractivity contribution is 0.0519. The maximum Gasteiger partial charge on any atom is 0.407 e. The van der Waals surface area contributed by atoms with Gasteiger partial charge in [-0.3, -0.25) is 0 Å². The van der Waals surface area contributed by atoms with Crippen LogP contribution in [-0.4, -0.2) is 24.3 Å². The van der Waals surface area contributed by atoms with Crippen LogP contribution in [0.25, 0.3) is 0 Å². The number of furan rings is 1. The second kappa shape index (κ2) is 8.36. The van der Waals surface area contributed by atoms with Gasteiger partial charge in [-0.15, -0.1) is 0 Å². The lowest BCUT2D eigenvalue weighted by Crippen LogP contribution is -2.45. The van der Waals surface area contributed by atoms with E-state index in [2.05, 4.69) is 56.3 Å². The van der Waals surface area contributed by atoms with Crippen molar-refractivity contribution < 1.29 is 13.9 Å². The summed E-state index contributed by atoms with van der Waals surface area (Å²) in [6, 6.07) is 2.03. The van der Waals surface area contributed by atoms with E-state index in [0.29, 0.717) is 23.7 Å². The van der Waals surface area contributed by atoms with Crippen LogP contribution in [0, 0.1) is 5.92 Å². The van der Waals surface area contributed by atoms with Crippen molar-refractivity contribution in [2.75, 3.05) is 6.54 Å². The zero-order chi connectivity index (χ0) is 16.9. The molecule has 1 atom stereocenters. The Balaban J connectivity index is 2.47. The van der Waals surface area contributed by atoms with Crippen LogP contribution in [-0.2, 0) is 11.3 Å². The van der Waals surface area contributed by atoms with E-state index in [9.17, 15) is 4.79 Å². The van der Waals surface area contributed by atoms with Crippen LogP contribution in [0.5, 0.6) is 0 Å². The van der Waals surface area contributed by atoms with Crippen molar-refractivity contribution in [2.45, 2.75) is 52.8 Å². The van der Waals surface area contributed by atoms with Gasteiger partial charge in [-0.1, -0.05) is 13.8 Å². The molecule has 0 spiro atoms. The van der Waals surface area contributed by atoms with E-state index < -0.39 is 11.7 Å². The summed E-state index contributed by atoms with van der Waals surface area (Å²) in [5.74, 6) is 1.18. The number of carbonyl (C=O) groups excluding carboxylic acids is 1. The van der Waals surface area contributed by atoms with Gasteiger partial charge in [0.15, 0.2) is 4.67 Å². The first-order chi connectivity index (χ1) is 10.1. The van der Waals surface area contributed by atoms with E-state index in [4.69, 9.17) is 9.15 Å². The molecule has 5 nitrogen and oxygen atoms in total. The summed E-state index contributed by atoms with van der Waals surface area (Å²) >= 11 is 6.70. The van der Waals surface area contributed by atoms with Crippen molar-refractivity contribution in [3.63, 3.8) is 0 Å². The minimum atomic E-state index is -0.489. The van der Waals surface area contributed by atoms with E-state index in [-0.39, 0.29) is 6.04 Å². The first kappa shape index (κ1) is 19.5. The van der Waals surface area contributed by atoms with Crippen molar-refractivity contribution >= 4 is 38.0 Å². The standard InChI is InChI=1S/C15H24Br2N2O3/c1-9(2)12(8-19-14(20)22-15(3,4)5)18-7-10-6-11(16)13(17)21-10/h6,9,12,18H,7-8H2,1-5H3,(H,19,20). The molecule has 1 heterocycles. The minimum Gasteiger partial charge on any atom is -0.452 e. The third-order valence-electron chi connectivity index (χ3n) is 2.90. The zero-order valence-electron chi connectivity index (χ0n) is 13.6. The van der Waals surface area contributed by atoms with Crippen LogP contribution in [0.4, 0.5) is 4.79 Å². The molecule has 0 fully saturated rings. The van der Waals surface area contributed by atoms with Gasteiger partial charge in [0.25, 0.3) is 0 Å². The fourth-order valence-electron chi connectivity index (χ4n) is 1.76. The van der Waals surface area contributed by atoms with Gasteiger partial charge in [-0.25, -0.2) is 4.79 Å². The molecule has 1 aromatic heterocycles. The van der Waals surface area contributed by atoms with Gasteiger partial charge in [0.2, 0.25) is 0 Å². The molecule has 0 radical (unpaired) electrons. The number of carbonyl (C=O) groups is 1. The molecule has 0 aliphatic heterocycles. The summed E-state index contributed by atoms with van der Waals surface area (Å²) in [4.78, 5) is 11.7.